The van der Waals surface area contributed by atoms with E-state index in [0.717, 1.165) is 36.5 Å². The van der Waals surface area contributed by atoms with Gasteiger partial charge in [-0.2, -0.15) is 5.26 Å². The minimum absolute atomic E-state index is 0.0895. The minimum Gasteiger partial charge on any atom is -0.390 e. The molecule has 2 heterocycles. The smallest absolute Gasteiger partial charge is 0.123 e. The highest BCUT2D eigenvalue weighted by Gasteiger charge is 2.36. The number of allylic oxidation sites excluding steroid dienone is 2. The molecule has 2 aromatic rings. The quantitative estimate of drug-likeness (QED) is 0.752. The van der Waals surface area contributed by atoms with Crippen LogP contribution in [0.4, 0.5) is 0 Å². The average Bonchev–Trinajstić information content (AvgIpc) is 3.39. The molecule has 1 aromatic carbocycles. The van der Waals surface area contributed by atoms with Crippen LogP contribution in [0.1, 0.15) is 48.9 Å². The summed E-state index contributed by atoms with van der Waals surface area (Å²) >= 11 is 1.69. The topological polar surface area (TPSA) is 69.4 Å². The average molecular weight is 434 g/mol. The molecule has 0 saturated carbocycles. The van der Waals surface area contributed by atoms with Gasteiger partial charge in [-0.3, -0.25) is 4.90 Å². The molecule has 0 amide bonds. The van der Waals surface area contributed by atoms with Crippen LogP contribution < -0.4 is 0 Å². The van der Waals surface area contributed by atoms with E-state index in [4.69, 9.17) is 9.72 Å². The largest absolute Gasteiger partial charge is 0.390 e. The van der Waals surface area contributed by atoms with Crippen molar-refractivity contribution in [3.8, 4) is 16.5 Å². The van der Waals surface area contributed by atoms with Crippen LogP contribution in [0.25, 0.3) is 16.0 Å². The first-order valence-corrected chi connectivity index (χ1v) is 11.8. The maximum atomic E-state index is 9.70. The van der Waals surface area contributed by atoms with Gasteiger partial charge in [0.15, 0.2) is 0 Å². The lowest BCUT2D eigenvalue weighted by molar-refractivity contribution is -0.0251. The number of benzene rings is 1. The van der Waals surface area contributed by atoms with E-state index < -0.39 is 0 Å². The fourth-order valence-electron chi connectivity index (χ4n) is 4.91. The van der Waals surface area contributed by atoms with Crippen LogP contribution in [-0.4, -0.2) is 46.4 Å². The normalized spacial score (nSPS) is 23.8. The Balaban J connectivity index is 1.40. The third-order valence-electron chi connectivity index (χ3n) is 6.36. The number of ether oxygens (including phenoxy) is 1. The first kappa shape index (κ1) is 20.6. The van der Waals surface area contributed by atoms with E-state index in [1.165, 1.54) is 21.6 Å². The Labute approximate surface area is 187 Å². The molecular weight excluding hydrogens is 406 g/mol. The van der Waals surface area contributed by atoms with Gasteiger partial charge in [0.05, 0.1) is 34.8 Å². The summed E-state index contributed by atoms with van der Waals surface area (Å²) in [5.74, 6) is 0. The Morgan fingerprint density at radius 3 is 2.90 bits per heavy atom. The number of aromatic nitrogens is 1. The molecule has 0 spiro atoms. The highest BCUT2D eigenvalue weighted by atomic mass is 32.1. The zero-order valence-corrected chi connectivity index (χ0v) is 18.7. The molecular formula is C25H27N3O2S. The van der Waals surface area contributed by atoms with Gasteiger partial charge in [0.1, 0.15) is 5.01 Å². The van der Waals surface area contributed by atoms with Crippen molar-refractivity contribution in [3.05, 3.63) is 58.3 Å². The summed E-state index contributed by atoms with van der Waals surface area (Å²) in [4.78, 5) is 8.25. The van der Waals surface area contributed by atoms with Crippen LogP contribution in [0.5, 0.6) is 0 Å². The van der Waals surface area contributed by atoms with Gasteiger partial charge in [-0.05, 0) is 55.9 Å². The van der Waals surface area contributed by atoms with Crippen LogP contribution in [0.15, 0.2) is 42.1 Å². The molecule has 1 N–H and O–H groups in total. The van der Waals surface area contributed by atoms with E-state index >= 15 is 0 Å². The number of rotatable bonds is 5. The summed E-state index contributed by atoms with van der Waals surface area (Å²) in [6.45, 7) is 5.55. The summed E-state index contributed by atoms with van der Waals surface area (Å²) in [5, 5.41) is 20.2. The van der Waals surface area contributed by atoms with Crippen molar-refractivity contribution in [2.45, 2.75) is 57.5 Å². The molecule has 3 aliphatic rings. The predicted octanol–water partition coefficient (Wildman–Crippen LogP) is 4.50. The van der Waals surface area contributed by atoms with Crippen molar-refractivity contribution in [2.75, 3.05) is 13.1 Å². The molecule has 2 atom stereocenters. The van der Waals surface area contributed by atoms with E-state index in [2.05, 4.69) is 35.2 Å². The third-order valence-corrected chi connectivity index (χ3v) is 7.44. The minimum atomic E-state index is -0.169. The molecule has 1 aromatic heterocycles. The molecule has 1 aliphatic heterocycles. The lowest BCUT2D eigenvalue weighted by Crippen LogP contribution is -2.51. The van der Waals surface area contributed by atoms with Crippen molar-refractivity contribution in [2.24, 2.45) is 0 Å². The number of nitrogens with zero attached hydrogens (tertiary/aromatic N) is 3. The molecule has 160 valence electrons. The highest BCUT2D eigenvalue weighted by molar-refractivity contribution is 7.16. The van der Waals surface area contributed by atoms with Gasteiger partial charge < -0.3 is 9.84 Å². The Bertz CT molecular complexity index is 1090. The number of β-amino-alcohol motifs (C(OH)–C–C–N with tert-alkyl or cyclic N) is 1. The Morgan fingerprint density at radius 2 is 2.16 bits per heavy atom. The number of thiazole rings is 1. The van der Waals surface area contributed by atoms with Crippen molar-refractivity contribution in [3.63, 3.8) is 0 Å². The molecule has 2 unspecified atom stereocenters. The lowest BCUT2D eigenvalue weighted by atomic mass is 9.97. The number of aliphatic hydroxyl groups excluding tert-OH is 1. The van der Waals surface area contributed by atoms with Crippen LogP contribution in [0.3, 0.4) is 0 Å². The molecule has 1 saturated heterocycles. The van der Waals surface area contributed by atoms with Gasteiger partial charge in [-0.1, -0.05) is 24.3 Å². The van der Waals surface area contributed by atoms with Crippen molar-refractivity contribution < 1.29 is 9.84 Å². The van der Waals surface area contributed by atoms with E-state index in [1.54, 1.807) is 11.3 Å². The highest BCUT2D eigenvalue weighted by Crippen LogP contribution is 2.44. The Kier molecular flexibility index (Phi) is 5.53. The van der Waals surface area contributed by atoms with E-state index in [1.807, 2.05) is 26.1 Å². The van der Waals surface area contributed by atoms with Gasteiger partial charge in [-0.25, -0.2) is 4.98 Å². The second kappa shape index (κ2) is 8.33. The van der Waals surface area contributed by atoms with Gasteiger partial charge in [0, 0.05) is 30.9 Å². The first-order chi connectivity index (χ1) is 15.0. The maximum absolute atomic E-state index is 9.70. The number of hydrogen-bond acceptors (Lipinski definition) is 6. The molecule has 2 aliphatic carbocycles. The first-order valence-electron chi connectivity index (χ1n) is 11.0. The van der Waals surface area contributed by atoms with Crippen molar-refractivity contribution >= 4 is 16.9 Å². The number of aliphatic hydroxyl groups is 1. The molecule has 6 heteroatoms. The van der Waals surface area contributed by atoms with Gasteiger partial charge in [0.2, 0.25) is 0 Å². The van der Waals surface area contributed by atoms with Crippen LogP contribution >= 0.6 is 11.3 Å². The predicted molar refractivity (Wildman–Crippen MR) is 122 cm³/mol. The van der Waals surface area contributed by atoms with Crippen molar-refractivity contribution in [1.82, 2.24) is 9.88 Å². The SMILES string of the molecule is CC(C)OC1CC=C(c2ncc(-c3cccc4c3CCC4N3CC(O)C3)s2)C=C1C#N. The number of hydrogen-bond donors (Lipinski definition) is 1. The zero-order chi connectivity index (χ0) is 21.5. The van der Waals surface area contributed by atoms with Crippen molar-refractivity contribution in [1.29, 1.82) is 5.26 Å². The summed E-state index contributed by atoms with van der Waals surface area (Å²) in [5.41, 5.74) is 5.77. The lowest BCUT2D eigenvalue weighted by Gasteiger charge is -2.40. The van der Waals surface area contributed by atoms with Gasteiger partial charge in [-0.15, -0.1) is 11.3 Å². The van der Waals surface area contributed by atoms with Crippen LogP contribution in [0, 0.1) is 11.3 Å². The standard InChI is InChI=1S/C25H27N3O2S/c1-15(2)30-23-9-6-16(10-17(23)11-26)25-27-12-24(31-25)21-5-3-4-20-19(21)7-8-22(20)28-13-18(29)14-28/h3-6,10,12,15,18,22-23,29H,7-9,13-14H2,1-2H3. The third kappa shape index (κ3) is 3.88. The number of nitriles is 1. The fourth-order valence-corrected chi connectivity index (χ4v) is 5.89. The van der Waals surface area contributed by atoms with Crippen LogP contribution in [-0.2, 0) is 11.2 Å². The van der Waals surface area contributed by atoms with Gasteiger partial charge >= 0.3 is 0 Å². The number of fused-ring (bicyclic) bond motifs is 1. The zero-order valence-electron chi connectivity index (χ0n) is 17.9. The monoisotopic (exact) mass is 433 g/mol. The summed E-state index contributed by atoms with van der Waals surface area (Å²) in [7, 11) is 0. The molecule has 5 nitrogen and oxygen atoms in total. The van der Waals surface area contributed by atoms with Crippen LogP contribution in [0.2, 0.25) is 0 Å². The summed E-state index contributed by atoms with van der Waals surface area (Å²) < 4.78 is 5.88. The second-order valence-electron chi connectivity index (χ2n) is 8.85. The molecule has 5 rings (SSSR count). The maximum Gasteiger partial charge on any atom is 0.123 e. The Morgan fingerprint density at radius 1 is 1.32 bits per heavy atom. The molecule has 0 radical (unpaired) electrons. The summed E-state index contributed by atoms with van der Waals surface area (Å²) in [6, 6.07) is 9.31. The second-order valence-corrected chi connectivity index (χ2v) is 9.88. The van der Waals surface area contributed by atoms with E-state index in [-0.39, 0.29) is 18.3 Å². The summed E-state index contributed by atoms with van der Waals surface area (Å²) in [6.07, 6.45) is 8.66. The van der Waals surface area contributed by atoms with E-state index in [0.29, 0.717) is 18.0 Å². The molecule has 31 heavy (non-hydrogen) atoms. The fraction of sp³-hybridized carbons (Fsp3) is 0.440. The molecule has 1 fully saturated rings. The van der Waals surface area contributed by atoms with E-state index in [9.17, 15) is 10.4 Å². The Hall–Kier alpha value is -2.30. The number of likely N-dealkylation sites (tertiary alicyclic amines) is 1. The van der Waals surface area contributed by atoms with Gasteiger partial charge in [0.25, 0.3) is 0 Å². The molecule has 0 bridgehead atoms.